The Bertz CT molecular complexity index is 448. The van der Waals surface area contributed by atoms with Gasteiger partial charge in [0.05, 0.1) is 5.41 Å². The summed E-state index contributed by atoms with van der Waals surface area (Å²) in [6.45, 7) is 0.855. The molecule has 0 aromatic carbocycles. The van der Waals surface area contributed by atoms with E-state index < -0.39 is 11.4 Å². The fourth-order valence-electron chi connectivity index (χ4n) is 5.66. The fraction of sp³-hybridized carbons (Fsp3) is 0.857. The topological polar surface area (TPSA) is 57.6 Å². The molecule has 4 unspecified atom stereocenters. The summed E-state index contributed by atoms with van der Waals surface area (Å²) >= 11 is 0. The normalized spacial score (nSPS) is 49.3. The number of likely N-dealkylation sites (tertiary alicyclic amines) is 1. The maximum absolute atomic E-state index is 12.0. The third kappa shape index (κ3) is 1.08. The average molecular weight is 249 g/mol. The van der Waals surface area contributed by atoms with Crippen molar-refractivity contribution in [2.24, 2.45) is 17.3 Å². The molecule has 18 heavy (non-hydrogen) atoms. The Morgan fingerprint density at radius 2 is 2.17 bits per heavy atom. The number of hydrogen-bond donors (Lipinski definition) is 1. The maximum atomic E-state index is 12.0. The molecule has 4 saturated carbocycles. The zero-order valence-electron chi connectivity index (χ0n) is 10.5. The van der Waals surface area contributed by atoms with Crippen LogP contribution in [0.2, 0.25) is 0 Å². The van der Waals surface area contributed by atoms with E-state index in [0.29, 0.717) is 18.3 Å². The summed E-state index contributed by atoms with van der Waals surface area (Å²) in [6.07, 6.45) is 6.29. The fourth-order valence-corrected chi connectivity index (χ4v) is 5.66. The van der Waals surface area contributed by atoms with Crippen molar-refractivity contribution in [1.82, 2.24) is 4.90 Å². The van der Waals surface area contributed by atoms with Crippen molar-refractivity contribution in [2.75, 3.05) is 6.54 Å². The Hall–Kier alpha value is -1.06. The van der Waals surface area contributed by atoms with Crippen molar-refractivity contribution < 1.29 is 14.7 Å². The number of hydrogen-bond acceptors (Lipinski definition) is 2. The van der Waals surface area contributed by atoms with E-state index in [0.717, 1.165) is 45.1 Å². The highest BCUT2D eigenvalue weighted by Crippen LogP contribution is 2.68. The molecule has 1 N–H and O–H groups in total. The molecule has 5 aliphatic rings. The zero-order chi connectivity index (χ0) is 12.5. The van der Waals surface area contributed by atoms with E-state index in [-0.39, 0.29) is 11.4 Å². The molecular weight excluding hydrogens is 230 g/mol. The van der Waals surface area contributed by atoms with Gasteiger partial charge >= 0.3 is 5.97 Å². The SMILES string of the molecule is O=C1CCCN1C12CC3CC(C1)C(C(=O)O)(C3)C2. The second-order valence-corrected chi connectivity index (χ2v) is 6.92. The molecule has 0 aromatic heterocycles. The molecular formula is C14H19NO3. The summed E-state index contributed by atoms with van der Waals surface area (Å²) in [5, 5.41) is 9.63. The van der Waals surface area contributed by atoms with Gasteiger partial charge in [-0.15, -0.1) is 0 Å². The van der Waals surface area contributed by atoms with Crippen molar-refractivity contribution in [1.29, 1.82) is 0 Å². The van der Waals surface area contributed by atoms with Crippen LogP contribution in [0.15, 0.2) is 0 Å². The highest BCUT2D eigenvalue weighted by atomic mass is 16.4. The smallest absolute Gasteiger partial charge is 0.310 e. The van der Waals surface area contributed by atoms with Crippen LogP contribution in [0.1, 0.15) is 44.9 Å². The van der Waals surface area contributed by atoms with Gasteiger partial charge in [0.15, 0.2) is 0 Å². The molecule has 4 nitrogen and oxygen atoms in total. The van der Waals surface area contributed by atoms with Crippen molar-refractivity contribution in [2.45, 2.75) is 50.5 Å². The highest BCUT2D eigenvalue weighted by Gasteiger charge is 2.69. The molecule has 0 radical (unpaired) electrons. The molecule has 1 aliphatic heterocycles. The van der Waals surface area contributed by atoms with Crippen LogP contribution >= 0.6 is 0 Å². The molecule has 1 heterocycles. The van der Waals surface area contributed by atoms with E-state index in [1.165, 1.54) is 0 Å². The minimum atomic E-state index is -0.608. The zero-order valence-corrected chi connectivity index (χ0v) is 10.5. The summed E-state index contributed by atoms with van der Waals surface area (Å²) in [5.41, 5.74) is -0.580. The predicted molar refractivity (Wildman–Crippen MR) is 63.8 cm³/mol. The van der Waals surface area contributed by atoms with Gasteiger partial charge in [-0.05, 0) is 50.4 Å². The Labute approximate surface area is 106 Å². The second-order valence-electron chi connectivity index (χ2n) is 6.92. The molecule has 1 saturated heterocycles. The van der Waals surface area contributed by atoms with E-state index in [4.69, 9.17) is 0 Å². The quantitative estimate of drug-likeness (QED) is 0.809. The third-order valence-corrected chi connectivity index (χ3v) is 6.06. The van der Waals surface area contributed by atoms with E-state index in [1.807, 2.05) is 0 Å². The summed E-state index contributed by atoms with van der Waals surface area (Å²) in [5.74, 6) is 0.518. The highest BCUT2D eigenvalue weighted by molar-refractivity contribution is 5.81. The maximum Gasteiger partial charge on any atom is 0.310 e. The lowest BCUT2D eigenvalue weighted by Gasteiger charge is -2.46. The average Bonchev–Trinajstić information content (AvgIpc) is 2.89. The van der Waals surface area contributed by atoms with E-state index in [1.54, 1.807) is 0 Å². The monoisotopic (exact) mass is 249 g/mol. The predicted octanol–water partition coefficient (Wildman–Crippen LogP) is 1.64. The van der Waals surface area contributed by atoms with Crippen LogP contribution in [0.5, 0.6) is 0 Å². The van der Waals surface area contributed by atoms with Gasteiger partial charge in [0.25, 0.3) is 0 Å². The number of carboxylic acids is 1. The van der Waals surface area contributed by atoms with Crippen molar-refractivity contribution in [3.05, 3.63) is 0 Å². The van der Waals surface area contributed by atoms with Crippen molar-refractivity contribution in [3.63, 3.8) is 0 Å². The Kier molecular flexibility index (Phi) is 1.86. The van der Waals surface area contributed by atoms with E-state index >= 15 is 0 Å². The van der Waals surface area contributed by atoms with Gasteiger partial charge in [-0.2, -0.15) is 0 Å². The summed E-state index contributed by atoms with van der Waals surface area (Å²) in [7, 11) is 0. The number of aliphatic carboxylic acids is 1. The molecule has 4 heteroatoms. The van der Waals surface area contributed by atoms with E-state index in [9.17, 15) is 14.7 Å². The van der Waals surface area contributed by atoms with Gasteiger partial charge in [-0.25, -0.2) is 0 Å². The largest absolute Gasteiger partial charge is 0.481 e. The molecule has 98 valence electrons. The molecule has 0 spiro atoms. The minimum absolute atomic E-state index is 0.0855. The first-order valence-electron chi connectivity index (χ1n) is 7.10. The Morgan fingerprint density at radius 1 is 1.33 bits per heavy atom. The van der Waals surface area contributed by atoms with Gasteiger partial charge in [0.2, 0.25) is 5.91 Å². The molecule has 5 rings (SSSR count). The summed E-state index contributed by atoms with van der Waals surface area (Å²) in [6, 6.07) is 0. The molecule has 4 bridgehead atoms. The van der Waals surface area contributed by atoms with Crippen molar-refractivity contribution in [3.8, 4) is 0 Å². The lowest BCUT2D eigenvalue weighted by Crippen LogP contribution is -2.52. The van der Waals surface area contributed by atoms with Gasteiger partial charge < -0.3 is 10.0 Å². The second kappa shape index (κ2) is 3.09. The van der Waals surface area contributed by atoms with E-state index in [2.05, 4.69) is 4.90 Å². The lowest BCUT2D eigenvalue weighted by atomic mass is 9.71. The van der Waals surface area contributed by atoms with Crippen LogP contribution in [0, 0.1) is 17.3 Å². The minimum Gasteiger partial charge on any atom is -0.481 e. The first kappa shape index (κ1) is 10.8. The number of carbonyl (C=O) groups is 2. The van der Waals surface area contributed by atoms with Gasteiger partial charge in [-0.3, -0.25) is 9.59 Å². The molecule has 5 fully saturated rings. The molecule has 0 aromatic rings. The summed E-state index contributed by atoms with van der Waals surface area (Å²) in [4.78, 5) is 25.8. The van der Waals surface area contributed by atoms with Gasteiger partial charge in [-0.1, -0.05) is 0 Å². The molecule has 4 atom stereocenters. The first-order valence-corrected chi connectivity index (χ1v) is 7.10. The number of carbonyl (C=O) groups excluding carboxylic acids is 1. The number of amides is 1. The lowest BCUT2D eigenvalue weighted by molar-refractivity contribution is -0.153. The molecule has 4 aliphatic carbocycles. The van der Waals surface area contributed by atoms with Crippen LogP contribution in [0.25, 0.3) is 0 Å². The third-order valence-electron chi connectivity index (χ3n) is 6.06. The van der Waals surface area contributed by atoms with Crippen LogP contribution in [-0.2, 0) is 9.59 Å². The van der Waals surface area contributed by atoms with Gasteiger partial charge in [0, 0.05) is 18.5 Å². The Balaban J connectivity index is 1.73. The standard InChI is InChI=1S/C14H19NO3/c16-11-2-1-3-15(11)13-5-9-4-10(7-13)14(6-9,8-13)12(17)18/h9-10H,1-8H2,(H,17,18). The number of nitrogens with zero attached hydrogens (tertiary/aromatic N) is 1. The van der Waals surface area contributed by atoms with Gasteiger partial charge in [0.1, 0.15) is 0 Å². The Morgan fingerprint density at radius 3 is 2.78 bits per heavy atom. The van der Waals surface area contributed by atoms with Crippen molar-refractivity contribution >= 4 is 11.9 Å². The number of carboxylic acid groups (broad SMARTS) is 1. The molecule has 1 amide bonds. The van der Waals surface area contributed by atoms with Crippen LogP contribution in [0.3, 0.4) is 0 Å². The summed E-state index contributed by atoms with van der Waals surface area (Å²) < 4.78 is 0. The van der Waals surface area contributed by atoms with Crippen LogP contribution in [-0.4, -0.2) is 34.0 Å². The van der Waals surface area contributed by atoms with Crippen LogP contribution < -0.4 is 0 Å². The number of rotatable bonds is 2. The first-order chi connectivity index (χ1) is 8.56. The van der Waals surface area contributed by atoms with Crippen LogP contribution in [0.4, 0.5) is 0 Å².